The molecule has 0 bridgehead atoms. The zero-order valence-electron chi connectivity index (χ0n) is 14.5. The van der Waals surface area contributed by atoms with Gasteiger partial charge in [0.15, 0.2) is 16.3 Å². The molecule has 0 aromatic rings. The average Bonchev–Trinajstić information content (AvgIpc) is 2.47. The van der Waals surface area contributed by atoms with Crippen molar-refractivity contribution in [3.8, 4) is 0 Å². The Bertz CT molecular complexity index is 620. The minimum atomic E-state index is -7.53. The van der Waals surface area contributed by atoms with Crippen LogP contribution in [0.15, 0.2) is 0 Å². The molecular weight excluding hydrogens is 459 g/mol. The largest absolute Gasteiger partial charge is 1.00 e. The van der Waals surface area contributed by atoms with E-state index in [4.69, 9.17) is 0 Å². The van der Waals surface area contributed by atoms with Gasteiger partial charge < -0.3 is 4.55 Å². The first-order valence-corrected chi connectivity index (χ1v) is 8.71. The van der Waals surface area contributed by atoms with Crippen LogP contribution in [0.3, 0.4) is 0 Å². The second kappa shape index (κ2) is 9.86. The van der Waals surface area contributed by atoms with Crippen molar-refractivity contribution in [3.05, 3.63) is 0 Å². The molecule has 0 aliphatic rings. The van der Waals surface area contributed by atoms with E-state index < -0.39 is 77.6 Å². The van der Waals surface area contributed by atoms with Crippen LogP contribution in [0.4, 0.5) is 52.7 Å². The normalized spacial score (nSPS) is 15.8. The summed E-state index contributed by atoms with van der Waals surface area (Å²) in [4.78, 5) is 0. The van der Waals surface area contributed by atoms with Gasteiger partial charge in [0.05, 0.1) is 0 Å². The molecule has 29 heavy (non-hydrogen) atoms. The smallest absolute Gasteiger partial charge is 0.743 e. The summed E-state index contributed by atoms with van der Waals surface area (Å²) >= 11 is 0. The van der Waals surface area contributed by atoms with E-state index in [0.29, 0.717) is 0 Å². The van der Waals surface area contributed by atoms with E-state index in [1.165, 1.54) is 0 Å². The maximum atomic E-state index is 13.4. The second-order valence-electron chi connectivity index (χ2n) is 5.78. The standard InChI is InChI=1S/C12H14F12O3S.Li/c13-7(5-3-1-2-4-6-8(14,15)16)9(17,18)10(19,20)11(21,22)12(23,24)28(25,26)27;/h7H,1-6H2,(H,25,26,27);/q;+1/p-1. The molecule has 0 N–H and O–H groups in total. The van der Waals surface area contributed by atoms with Crippen LogP contribution in [0, 0.1) is 0 Å². The summed E-state index contributed by atoms with van der Waals surface area (Å²) in [5, 5.41) is -7.18. The molecule has 0 radical (unpaired) electrons. The Hall–Kier alpha value is -0.333. The van der Waals surface area contributed by atoms with Crippen LogP contribution in [0.2, 0.25) is 0 Å². The fourth-order valence-corrected chi connectivity index (χ4v) is 2.37. The number of halogens is 12. The van der Waals surface area contributed by atoms with Gasteiger partial charge in [0, 0.05) is 6.42 Å². The molecule has 0 aromatic heterocycles. The Balaban J connectivity index is 0. The predicted octanol–water partition coefficient (Wildman–Crippen LogP) is 2.28. The summed E-state index contributed by atoms with van der Waals surface area (Å²) in [6, 6.07) is 0. The third-order valence-corrected chi connectivity index (χ3v) is 4.44. The summed E-state index contributed by atoms with van der Waals surface area (Å²) in [6.07, 6.45) is -13.6. The van der Waals surface area contributed by atoms with Crippen LogP contribution in [0.5, 0.6) is 0 Å². The van der Waals surface area contributed by atoms with Gasteiger partial charge in [-0.25, -0.2) is 12.8 Å². The van der Waals surface area contributed by atoms with Crippen molar-refractivity contribution in [2.75, 3.05) is 0 Å². The Labute approximate surface area is 169 Å². The van der Waals surface area contributed by atoms with E-state index in [2.05, 4.69) is 0 Å². The molecule has 0 amide bonds. The summed E-state index contributed by atoms with van der Waals surface area (Å²) in [5.41, 5.74) is 0. The third kappa shape index (κ3) is 6.83. The van der Waals surface area contributed by atoms with Crippen LogP contribution in [-0.4, -0.2) is 48.3 Å². The summed E-state index contributed by atoms with van der Waals surface area (Å²) in [6.45, 7) is 0. The Morgan fingerprint density at radius 3 is 1.52 bits per heavy atom. The van der Waals surface area contributed by atoms with Crippen LogP contribution in [-0.2, 0) is 10.1 Å². The molecule has 0 aliphatic heterocycles. The van der Waals surface area contributed by atoms with Gasteiger partial charge in [-0.05, 0) is 12.8 Å². The van der Waals surface area contributed by atoms with Crippen LogP contribution in [0.1, 0.15) is 38.5 Å². The Morgan fingerprint density at radius 1 is 0.724 bits per heavy atom. The molecule has 0 aliphatic carbocycles. The molecule has 3 nitrogen and oxygen atoms in total. The van der Waals surface area contributed by atoms with Gasteiger partial charge in [-0.2, -0.15) is 48.3 Å². The van der Waals surface area contributed by atoms with Gasteiger partial charge in [0.2, 0.25) is 0 Å². The van der Waals surface area contributed by atoms with Crippen molar-refractivity contribution in [3.63, 3.8) is 0 Å². The topological polar surface area (TPSA) is 57.2 Å². The van der Waals surface area contributed by atoms with Crippen LogP contribution >= 0.6 is 0 Å². The molecule has 0 spiro atoms. The monoisotopic (exact) mass is 472 g/mol. The second-order valence-corrected chi connectivity index (χ2v) is 7.20. The van der Waals surface area contributed by atoms with Gasteiger partial charge >= 0.3 is 48.1 Å². The number of hydrogen-bond donors (Lipinski definition) is 0. The SMILES string of the molecule is O=S(=O)([O-])C(F)(F)C(F)(F)C(F)(F)C(F)(F)C(F)CCCCCCC(F)(F)F.[Li+]. The number of hydrogen-bond acceptors (Lipinski definition) is 3. The van der Waals surface area contributed by atoms with Crippen molar-refractivity contribution in [1.29, 1.82) is 0 Å². The van der Waals surface area contributed by atoms with E-state index in [0.717, 1.165) is 0 Å². The van der Waals surface area contributed by atoms with Gasteiger partial charge in [-0.1, -0.05) is 19.3 Å². The molecule has 0 saturated heterocycles. The van der Waals surface area contributed by atoms with E-state index >= 15 is 0 Å². The average molecular weight is 472 g/mol. The fourth-order valence-electron chi connectivity index (χ4n) is 1.93. The molecule has 17 heteroatoms. The van der Waals surface area contributed by atoms with E-state index in [1.54, 1.807) is 0 Å². The molecular formula is C12H13F12LiO3S. The van der Waals surface area contributed by atoms with Crippen molar-refractivity contribution >= 4 is 10.1 Å². The van der Waals surface area contributed by atoms with Gasteiger partial charge in [-0.3, -0.25) is 0 Å². The molecule has 0 saturated carbocycles. The molecule has 1 unspecified atom stereocenters. The fraction of sp³-hybridized carbons (Fsp3) is 1.00. The molecule has 170 valence electrons. The number of alkyl halides is 12. The first kappa shape index (κ1) is 30.9. The minimum Gasteiger partial charge on any atom is -0.743 e. The van der Waals surface area contributed by atoms with Gasteiger partial charge in [0.25, 0.3) is 0 Å². The van der Waals surface area contributed by atoms with Crippen molar-refractivity contribution in [1.82, 2.24) is 0 Å². The first-order chi connectivity index (χ1) is 12.1. The summed E-state index contributed by atoms with van der Waals surface area (Å²) < 4.78 is 184. The maximum absolute atomic E-state index is 13.4. The number of rotatable bonds is 11. The molecule has 0 aromatic carbocycles. The van der Waals surface area contributed by atoms with Crippen LogP contribution in [0.25, 0.3) is 0 Å². The zero-order valence-corrected chi connectivity index (χ0v) is 15.3. The predicted molar refractivity (Wildman–Crippen MR) is 68.1 cm³/mol. The van der Waals surface area contributed by atoms with Crippen molar-refractivity contribution in [2.45, 2.75) is 73.9 Å². The van der Waals surface area contributed by atoms with Crippen molar-refractivity contribution < 1.29 is 84.5 Å². The van der Waals surface area contributed by atoms with E-state index in [9.17, 15) is 65.7 Å². The van der Waals surface area contributed by atoms with E-state index in [1.807, 2.05) is 0 Å². The summed E-state index contributed by atoms with van der Waals surface area (Å²) in [7, 11) is -7.53. The number of unbranched alkanes of at least 4 members (excludes halogenated alkanes) is 3. The van der Waals surface area contributed by atoms with Crippen LogP contribution < -0.4 is 18.9 Å². The quantitative estimate of drug-likeness (QED) is 0.201. The maximum Gasteiger partial charge on any atom is 1.00 e. The first-order valence-electron chi connectivity index (χ1n) is 7.30. The molecule has 0 heterocycles. The molecule has 0 rings (SSSR count). The van der Waals surface area contributed by atoms with Gasteiger partial charge in [0.1, 0.15) is 0 Å². The minimum absolute atomic E-state index is 0. The van der Waals surface area contributed by atoms with Crippen molar-refractivity contribution in [2.24, 2.45) is 0 Å². The Kier molecular flexibility index (Phi) is 10.5. The zero-order chi connectivity index (χ0) is 22.8. The Morgan fingerprint density at radius 2 is 1.14 bits per heavy atom. The molecule has 0 fully saturated rings. The van der Waals surface area contributed by atoms with E-state index in [-0.39, 0.29) is 25.3 Å². The third-order valence-electron chi connectivity index (χ3n) is 3.55. The van der Waals surface area contributed by atoms with Gasteiger partial charge in [-0.15, -0.1) is 0 Å². The summed E-state index contributed by atoms with van der Waals surface area (Å²) in [5.74, 6) is -21.3. The molecule has 1 atom stereocenters.